The smallest absolute Gasteiger partial charge is 0.453 e. The third kappa shape index (κ3) is 5.74. The number of carbonyl (C=O) groups excluding carboxylic acids is 2. The minimum atomic E-state index is -4.75. The van der Waals surface area contributed by atoms with Crippen molar-refractivity contribution in [1.82, 2.24) is 19.7 Å². The predicted octanol–water partition coefficient (Wildman–Crippen LogP) is 3.72. The summed E-state index contributed by atoms with van der Waals surface area (Å²) in [7, 11) is 0. The van der Waals surface area contributed by atoms with Gasteiger partial charge in [0, 0.05) is 6.54 Å². The Morgan fingerprint density at radius 2 is 1.81 bits per heavy atom. The SMILES string of the molecule is CC(C)(C)OC(=O)N1CCn2nc(C(F)(F)F)nc2C1CC(=O)OCc1ccccc1. The molecule has 1 unspecified atom stereocenters. The Morgan fingerprint density at radius 3 is 2.42 bits per heavy atom. The van der Waals surface area contributed by atoms with Crippen molar-refractivity contribution in [1.29, 1.82) is 0 Å². The van der Waals surface area contributed by atoms with Crippen LogP contribution in [0.5, 0.6) is 0 Å². The highest BCUT2D eigenvalue weighted by Crippen LogP contribution is 2.33. The topological polar surface area (TPSA) is 86.5 Å². The Morgan fingerprint density at radius 1 is 1.13 bits per heavy atom. The first-order valence-electron chi connectivity index (χ1n) is 9.65. The molecule has 0 saturated carbocycles. The van der Waals surface area contributed by atoms with Crippen LogP contribution in [0.15, 0.2) is 30.3 Å². The van der Waals surface area contributed by atoms with Gasteiger partial charge in [-0.1, -0.05) is 30.3 Å². The number of rotatable bonds is 4. The Hall–Kier alpha value is -3.11. The second-order valence-electron chi connectivity index (χ2n) is 8.05. The van der Waals surface area contributed by atoms with E-state index in [0.717, 1.165) is 10.2 Å². The first kappa shape index (κ1) is 22.6. The van der Waals surface area contributed by atoms with Crippen molar-refractivity contribution in [2.24, 2.45) is 0 Å². The number of fused-ring (bicyclic) bond motifs is 1. The third-order valence-electron chi connectivity index (χ3n) is 4.41. The zero-order chi connectivity index (χ0) is 22.8. The number of nitrogens with zero attached hydrogens (tertiary/aromatic N) is 4. The molecule has 1 amide bonds. The number of amides is 1. The van der Waals surface area contributed by atoms with Gasteiger partial charge in [-0.2, -0.15) is 13.2 Å². The van der Waals surface area contributed by atoms with Crippen LogP contribution < -0.4 is 0 Å². The molecule has 2 aromatic rings. The zero-order valence-corrected chi connectivity index (χ0v) is 17.3. The van der Waals surface area contributed by atoms with Gasteiger partial charge in [-0.15, -0.1) is 5.10 Å². The molecule has 0 spiro atoms. The highest BCUT2D eigenvalue weighted by molar-refractivity contribution is 5.73. The number of alkyl halides is 3. The second-order valence-corrected chi connectivity index (χ2v) is 8.05. The van der Waals surface area contributed by atoms with Crippen molar-refractivity contribution in [3.05, 3.63) is 47.5 Å². The van der Waals surface area contributed by atoms with Gasteiger partial charge in [-0.25, -0.2) is 14.5 Å². The van der Waals surface area contributed by atoms with E-state index in [-0.39, 0.29) is 31.9 Å². The molecule has 8 nitrogen and oxygen atoms in total. The van der Waals surface area contributed by atoms with Crippen molar-refractivity contribution < 1.29 is 32.2 Å². The van der Waals surface area contributed by atoms with Gasteiger partial charge in [0.25, 0.3) is 5.82 Å². The lowest BCUT2D eigenvalue weighted by molar-refractivity contribution is -0.146. The molecule has 3 rings (SSSR count). The number of halogens is 3. The van der Waals surface area contributed by atoms with Crippen LogP contribution in [0.25, 0.3) is 0 Å². The molecule has 0 bridgehead atoms. The third-order valence-corrected chi connectivity index (χ3v) is 4.41. The first-order chi connectivity index (χ1) is 14.4. The van der Waals surface area contributed by atoms with Gasteiger partial charge in [0.1, 0.15) is 18.2 Å². The molecular weight excluding hydrogens is 417 g/mol. The minimum absolute atomic E-state index is 0.000672. The molecule has 1 aromatic heterocycles. The Balaban J connectivity index is 1.82. The number of benzene rings is 1. The number of hydrogen-bond donors (Lipinski definition) is 0. The summed E-state index contributed by atoms with van der Waals surface area (Å²) in [5.41, 5.74) is -0.0662. The average molecular weight is 440 g/mol. The van der Waals surface area contributed by atoms with Gasteiger partial charge in [0.05, 0.1) is 13.0 Å². The maximum Gasteiger partial charge on any atom is 0.453 e. The van der Waals surface area contributed by atoms with Crippen molar-refractivity contribution in [3.63, 3.8) is 0 Å². The molecule has 1 aromatic carbocycles. The maximum atomic E-state index is 13.1. The van der Waals surface area contributed by atoms with Gasteiger partial charge < -0.3 is 9.47 Å². The summed E-state index contributed by atoms with van der Waals surface area (Å²) < 4.78 is 51.0. The molecule has 11 heteroatoms. The van der Waals surface area contributed by atoms with Crippen molar-refractivity contribution in [3.8, 4) is 0 Å². The molecule has 0 radical (unpaired) electrons. The van der Waals surface area contributed by atoms with E-state index in [4.69, 9.17) is 9.47 Å². The molecule has 1 atom stereocenters. The van der Waals surface area contributed by atoms with Crippen LogP contribution >= 0.6 is 0 Å². The molecule has 0 N–H and O–H groups in total. The molecule has 31 heavy (non-hydrogen) atoms. The van der Waals surface area contributed by atoms with Crippen molar-refractivity contribution in [2.45, 2.75) is 58.2 Å². The lowest BCUT2D eigenvalue weighted by Gasteiger charge is -2.35. The highest BCUT2D eigenvalue weighted by Gasteiger charge is 2.42. The van der Waals surface area contributed by atoms with E-state index in [1.54, 1.807) is 45.0 Å². The van der Waals surface area contributed by atoms with E-state index in [0.29, 0.717) is 0 Å². The van der Waals surface area contributed by atoms with Crippen molar-refractivity contribution >= 4 is 12.1 Å². The Bertz CT molecular complexity index is 938. The monoisotopic (exact) mass is 440 g/mol. The molecule has 0 saturated heterocycles. The first-order valence-corrected chi connectivity index (χ1v) is 9.65. The fourth-order valence-electron chi connectivity index (χ4n) is 3.08. The van der Waals surface area contributed by atoms with E-state index in [2.05, 4.69) is 10.1 Å². The van der Waals surface area contributed by atoms with E-state index < -0.39 is 35.7 Å². The lowest BCUT2D eigenvalue weighted by Crippen LogP contribution is -2.45. The van der Waals surface area contributed by atoms with Crippen LogP contribution in [0.1, 0.15) is 50.4 Å². The molecule has 1 aliphatic heterocycles. The lowest BCUT2D eigenvalue weighted by atomic mass is 10.1. The zero-order valence-electron chi connectivity index (χ0n) is 17.3. The van der Waals surface area contributed by atoms with Gasteiger partial charge in [-0.3, -0.25) is 9.69 Å². The summed E-state index contributed by atoms with van der Waals surface area (Å²) in [6, 6.07) is 7.83. The van der Waals surface area contributed by atoms with Crippen LogP contribution in [0.3, 0.4) is 0 Å². The van der Waals surface area contributed by atoms with E-state index in [1.807, 2.05) is 6.07 Å². The largest absolute Gasteiger partial charge is 0.461 e. The number of ether oxygens (including phenoxy) is 2. The van der Waals surface area contributed by atoms with E-state index in [9.17, 15) is 22.8 Å². The number of carbonyl (C=O) groups is 2. The molecule has 1 aliphatic rings. The van der Waals surface area contributed by atoms with E-state index in [1.165, 1.54) is 4.90 Å². The summed E-state index contributed by atoms with van der Waals surface area (Å²) >= 11 is 0. The second kappa shape index (κ2) is 8.56. The summed E-state index contributed by atoms with van der Waals surface area (Å²) in [6.07, 6.45) is -5.89. The van der Waals surface area contributed by atoms with E-state index >= 15 is 0 Å². The number of hydrogen-bond acceptors (Lipinski definition) is 6. The van der Waals surface area contributed by atoms with Crippen LogP contribution in [0.4, 0.5) is 18.0 Å². The molecule has 168 valence electrons. The number of esters is 1. The standard InChI is InChI=1S/C20H23F3N4O4/c1-19(2,3)31-18(29)26-9-10-27-16(24-17(25-27)20(21,22)23)14(26)11-15(28)30-12-13-7-5-4-6-8-13/h4-8,14H,9-12H2,1-3H3. The van der Waals surface area contributed by atoms with Crippen LogP contribution in [-0.4, -0.2) is 43.9 Å². The molecule has 0 fully saturated rings. The van der Waals surface area contributed by atoms with Gasteiger partial charge in [0.2, 0.25) is 0 Å². The molecule has 0 aliphatic carbocycles. The van der Waals surface area contributed by atoms with Crippen LogP contribution in [0.2, 0.25) is 0 Å². The highest BCUT2D eigenvalue weighted by atomic mass is 19.4. The van der Waals surface area contributed by atoms with Crippen LogP contribution in [0, 0.1) is 0 Å². The summed E-state index contributed by atoms with van der Waals surface area (Å²) in [4.78, 5) is 29.9. The average Bonchev–Trinajstić information content (AvgIpc) is 3.11. The molecule has 2 heterocycles. The van der Waals surface area contributed by atoms with Gasteiger partial charge in [-0.05, 0) is 26.3 Å². The minimum Gasteiger partial charge on any atom is -0.461 e. The quantitative estimate of drug-likeness (QED) is 0.674. The van der Waals surface area contributed by atoms with Gasteiger partial charge in [0.15, 0.2) is 5.82 Å². The van der Waals surface area contributed by atoms with Gasteiger partial charge >= 0.3 is 18.2 Å². The van der Waals surface area contributed by atoms with Crippen LogP contribution in [-0.2, 0) is 33.6 Å². The summed E-state index contributed by atoms with van der Waals surface area (Å²) in [5.74, 6) is -2.15. The Labute approximate surface area is 176 Å². The summed E-state index contributed by atoms with van der Waals surface area (Å²) in [5, 5.41) is 3.49. The fourth-order valence-corrected chi connectivity index (χ4v) is 3.08. The molecular formula is C20H23F3N4O4. The maximum absolute atomic E-state index is 13.1. The normalized spacial score (nSPS) is 16.6. The van der Waals surface area contributed by atoms with Crippen molar-refractivity contribution in [2.75, 3.05) is 6.54 Å². The predicted molar refractivity (Wildman–Crippen MR) is 102 cm³/mol. The summed E-state index contributed by atoms with van der Waals surface area (Å²) in [6.45, 7) is 5.01. The Kier molecular flexibility index (Phi) is 6.23. The fraction of sp³-hybridized carbons (Fsp3) is 0.500. The number of aromatic nitrogens is 3.